The Bertz CT molecular complexity index is 941. The van der Waals surface area contributed by atoms with Crippen molar-refractivity contribution in [2.24, 2.45) is 0 Å². The van der Waals surface area contributed by atoms with Gasteiger partial charge in [-0.05, 0) is 30.7 Å². The zero-order valence-corrected chi connectivity index (χ0v) is 15.1. The van der Waals surface area contributed by atoms with Gasteiger partial charge in [0.2, 0.25) is 0 Å². The van der Waals surface area contributed by atoms with E-state index >= 15 is 0 Å². The Labute approximate surface area is 152 Å². The van der Waals surface area contributed by atoms with Crippen LogP contribution < -0.4 is 0 Å². The van der Waals surface area contributed by atoms with E-state index in [1.165, 1.54) is 0 Å². The molecule has 0 spiro atoms. The molecule has 0 aliphatic carbocycles. The van der Waals surface area contributed by atoms with Crippen LogP contribution in [0.15, 0.2) is 36.7 Å². The third kappa shape index (κ3) is 2.80. The lowest BCUT2D eigenvalue weighted by Gasteiger charge is -2.29. The summed E-state index contributed by atoms with van der Waals surface area (Å²) in [7, 11) is 0. The molecule has 0 radical (unpaired) electrons. The molecule has 0 saturated heterocycles. The van der Waals surface area contributed by atoms with Gasteiger partial charge in [-0.2, -0.15) is 0 Å². The van der Waals surface area contributed by atoms with Crippen LogP contribution in [0.2, 0.25) is 0 Å². The van der Waals surface area contributed by atoms with Gasteiger partial charge < -0.3 is 19.1 Å². The van der Waals surface area contributed by atoms with E-state index < -0.39 is 0 Å². The predicted molar refractivity (Wildman–Crippen MR) is 101 cm³/mol. The molecule has 0 bridgehead atoms. The number of amides is 1. The third-order valence-electron chi connectivity index (χ3n) is 5.12. The molecule has 136 valence electrons. The minimum Gasteiger partial charge on any atom is -0.395 e. The van der Waals surface area contributed by atoms with Crippen molar-refractivity contribution in [1.82, 2.24) is 19.0 Å². The van der Waals surface area contributed by atoms with Gasteiger partial charge in [-0.15, -0.1) is 0 Å². The van der Waals surface area contributed by atoms with Crippen molar-refractivity contribution < 1.29 is 9.90 Å². The van der Waals surface area contributed by atoms with E-state index in [9.17, 15) is 9.90 Å². The second-order valence-electron chi connectivity index (χ2n) is 6.77. The van der Waals surface area contributed by atoms with Crippen LogP contribution in [0.1, 0.15) is 30.3 Å². The number of hydrogen-bond acceptors (Lipinski definition) is 3. The van der Waals surface area contributed by atoms with Crippen molar-refractivity contribution in [3.05, 3.63) is 42.4 Å². The molecule has 1 aromatic carbocycles. The molecular formula is C20H24N4O2. The van der Waals surface area contributed by atoms with Gasteiger partial charge >= 0.3 is 0 Å². The monoisotopic (exact) mass is 352 g/mol. The Hall–Kier alpha value is -2.60. The average molecular weight is 352 g/mol. The average Bonchev–Trinajstić information content (AvgIpc) is 3.26. The van der Waals surface area contributed by atoms with Crippen molar-refractivity contribution in [3.8, 4) is 11.3 Å². The van der Waals surface area contributed by atoms with Gasteiger partial charge in [-0.1, -0.05) is 19.4 Å². The number of rotatable bonds is 6. The molecule has 0 atom stereocenters. The Morgan fingerprint density at radius 2 is 1.96 bits per heavy atom. The van der Waals surface area contributed by atoms with Gasteiger partial charge in [-0.3, -0.25) is 4.79 Å². The van der Waals surface area contributed by atoms with Crippen molar-refractivity contribution in [2.45, 2.75) is 32.9 Å². The van der Waals surface area contributed by atoms with Gasteiger partial charge in [0, 0.05) is 37.4 Å². The standard InChI is InChI=1S/C20H24N4O2/c1-2-3-8-22-9-10-24-17(6-7-18(24)20(22)26)15-4-5-16-19(13-15)23(11-12-25)14-21-16/h4-7,13-14,25H,2-3,8-12H2,1H3. The van der Waals surface area contributed by atoms with Crippen LogP contribution in [0.4, 0.5) is 0 Å². The van der Waals surface area contributed by atoms with Gasteiger partial charge in [0.1, 0.15) is 5.69 Å². The number of unbranched alkanes of at least 4 members (excludes halogenated alkanes) is 1. The number of nitrogens with zero attached hydrogens (tertiary/aromatic N) is 4. The number of hydrogen-bond donors (Lipinski definition) is 1. The van der Waals surface area contributed by atoms with E-state index in [2.05, 4.69) is 28.6 Å². The Morgan fingerprint density at radius 1 is 1.12 bits per heavy atom. The van der Waals surface area contributed by atoms with Gasteiger partial charge in [0.15, 0.2) is 0 Å². The number of carbonyl (C=O) groups is 1. The SMILES string of the molecule is CCCCN1CCn2c(ccc2-c2ccc3ncn(CCO)c3c2)C1=O. The highest BCUT2D eigenvalue weighted by Gasteiger charge is 2.26. The molecule has 3 heterocycles. The first-order valence-electron chi connectivity index (χ1n) is 9.28. The van der Waals surface area contributed by atoms with Crippen LogP contribution >= 0.6 is 0 Å². The van der Waals surface area contributed by atoms with E-state index in [-0.39, 0.29) is 12.5 Å². The van der Waals surface area contributed by atoms with Crippen molar-refractivity contribution in [2.75, 3.05) is 19.7 Å². The lowest BCUT2D eigenvalue weighted by molar-refractivity contribution is 0.0703. The molecule has 0 fully saturated rings. The number of fused-ring (bicyclic) bond motifs is 2. The summed E-state index contributed by atoms with van der Waals surface area (Å²) in [5, 5.41) is 9.23. The molecule has 6 heteroatoms. The van der Waals surface area contributed by atoms with Crippen LogP contribution in [0.5, 0.6) is 0 Å². The van der Waals surface area contributed by atoms with E-state index in [1.54, 1.807) is 6.33 Å². The quantitative estimate of drug-likeness (QED) is 0.742. The lowest BCUT2D eigenvalue weighted by Crippen LogP contribution is -2.40. The summed E-state index contributed by atoms with van der Waals surface area (Å²) in [5.41, 5.74) is 4.81. The fraction of sp³-hybridized carbons (Fsp3) is 0.400. The van der Waals surface area contributed by atoms with Crippen molar-refractivity contribution >= 4 is 16.9 Å². The molecule has 0 unspecified atom stereocenters. The summed E-state index contributed by atoms with van der Waals surface area (Å²) in [6.07, 6.45) is 3.90. The largest absolute Gasteiger partial charge is 0.395 e. The molecule has 4 rings (SSSR count). The molecule has 3 aromatic rings. The van der Waals surface area contributed by atoms with Crippen LogP contribution in [0.25, 0.3) is 22.3 Å². The maximum atomic E-state index is 12.7. The number of benzene rings is 1. The molecule has 0 saturated carbocycles. The van der Waals surface area contributed by atoms with Crippen molar-refractivity contribution in [1.29, 1.82) is 0 Å². The zero-order valence-electron chi connectivity index (χ0n) is 15.1. The van der Waals surface area contributed by atoms with Crippen LogP contribution in [-0.4, -0.2) is 49.7 Å². The lowest BCUT2D eigenvalue weighted by atomic mass is 10.1. The zero-order chi connectivity index (χ0) is 18.1. The number of aromatic nitrogens is 3. The molecule has 6 nitrogen and oxygen atoms in total. The van der Waals surface area contributed by atoms with E-state index in [1.807, 2.05) is 27.7 Å². The fourth-order valence-electron chi connectivity index (χ4n) is 3.70. The highest BCUT2D eigenvalue weighted by atomic mass is 16.3. The molecule has 26 heavy (non-hydrogen) atoms. The van der Waals surface area contributed by atoms with Crippen LogP contribution in [0.3, 0.4) is 0 Å². The number of imidazole rings is 1. The molecule has 1 aliphatic heterocycles. The highest BCUT2D eigenvalue weighted by Crippen LogP contribution is 2.28. The smallest absolute Gasteiger partial charge is 0.270 e. The number of aliphatic hydroxyl groups excluding tert-OH is 1. The minimum absolute atomic E-state index is 0.0817. The molecule has 1 N–H and O–H groups in total. The summed E-state index contributed by atoms with van der Waals surface area (Å²) in [6, 6.07) is 10.1. The normalized spacial score (nSPS) is 14.2. The summed E-state index contributed by atoms with van der Waals surface area (Å²) in [6.45, 7) is 5.17. The summed E-state index contributed by atoms with van der Waals surface area (Å²) in [4.78, 5) is 19.1. The maximum Gasteiger partial charge on any atom is 0.270 e. The first kappa shape index (κ1) is 16.8. The summed E-state index contributed by atoms with van der Waals surface area (Å²) < 4.78 is 4.08. The molecule has 1 amide bonds. The molecular weight excluding hydrogens is 328 g/mol. The van der Waals surface area contributed by atoms with Gasteiger partial charge in [-0.25, -0.2) is 4.98 Å². The predicted octanol–water partition coefficient (Wildman–Crippen LogP) is 2.75. The maximum absolute atomic E-state index is 12.7. The van der Waals surface area contributed by atoms with E-state index in [0.717, 1.165) is 60.5 Å². The summed E-state index contributed by atoms with van der Waals surface area (Å²) >= 11 is 0. The van der Waals surface area contributed by atoms with Gasteiger partial charge in [0.05, 0.1) is 24.0 Å². The van der Waals surface area contributed by atoms with Crippen LogP contribution in [0, 0.1) is 0 Å². The van der Waals surface area contributed by atoms with Gasteiger partial charge in [0.25, 0.3) is 5.91 Å². The third-order valence-corrected chi connectivity index (χ3v) is 5.12. The topological polar surface area (TPSA) is 63.3 Å². The van der Waals surface area contributed by atoms with Crippen LogP contribution in [-0.2, 0) is 13.1 Å². The second-order valence-corrected chi connectivity index (χ2v) is 6.77. The van der Waals surface area contributed by atoms with Crippen molar-refractivity contribution in [3.63, 3.8) is 0 Å². The minimum atomic E-state index is 0.0817. The highest BCUT2D eigenvalue weighted by molar-refractivity contribution is 5.95. The molecule has 2 aromatic heterocycles. The molecule has 1 aliphatic rings. The Morgan fingerprint density at radius 3 is 2.77 bits per heavy atom. The number of aliphatic hydroxyl groups is 1. The summed E-state index contributed by atoms with van der Waals surface area (Å²) in [5.74, 6) is 0.127. The first-order valence-corrected chi connectivity index (χ1v) is 9.28. The van der Waals surface area contributed by atoms with E-state index in [4.69, 9.17) is 0 Å². The first-order chi connectivity index (χ1) is 12.7. The fourth-order valence-corrected chi connectivity index (χ4v) is 3.70. The Kier molecular flexibility index (Phi) is 4.51. The van der Waals surface area contributed by atoms with E-state index in [0.29, 0.717) is 6.54 Å². The second kappa shape index (κ2) is 6.96. The number of carbonyl (C=O) groups excluding carboxylic acids is 1. The Balaban J connectivity index is 1.69.